The van der Waals surface area contributed by atoms with E-state index in [-0.39, 0.29) is 23.0 Å². The number of alkyl halides is 3. The number of piperidine rings is 1. The highest BCUT2D eigenvalue weighted by Gasteiger charge is 2.32. The molecular formula is C16H16F3N3O3. The molecule has 1 aromatic heterocycles. The zero-order chi connectivity index (χ0) is 18.2. The average Bonchev–Trinajstić information content (AvgIpc) is 3.04. The zero-order valence-electron chi connectivity index (χ0n) is 13.1. The van der Waals surface area contributed by atoms with Crippen LogP contribution in [0.5, 0.6) is 5.75 Å². The Hall–Kier alpha value is -2.71. The van der Waals surface area contributed by atoms with Crippen molar-refractivity contribution in [1.29, 1.82) is 0 Å². The van der Waals surface area contributed by atoms with Gasteiger partial charge in [-0.3, -0.25) is 4.68 Å². The van der Waals surface area contributed by atoms with E-state index in [1.807, 2.05) is 0 Å². The van der Waals surface area contributed by atoms with Crippen molar-refractivity contribution < 1.29 is 28.2 Å². The van der Waals surface area contributed by atoms with E-state index in [2.05, 4.69) is 5.10 Å². The number of hydrogen-bond acceptors (Lipinski definition) is 4. The molecule has 0 amide bonds. The van der Waals surface area contributed by atoms with E-state index in [0.29, 0.717) is 19.5 Å². The summed E-state index contributed by atoms with van der Waals surface area (Å²) in [5.41, 5.74) is -0.654. The molecule has 0 spiro atoms. The quantitative estimate of drug-likeness (QED) is 0.884. The lowest BCUT2D eigenvalue weighted by atomic mass is 10.0. The second-order valence-electron chi connectivity index (χ2n) is 5.96. The molecule has 1 fully saturated rings. The predicted octanol–water partition coefficient (Wildman–Crippen LogP) is 3.15. The van der Waals surface area contributed by atoms with Crippen LogP contribution in [0.15, 0.2) is 30.6 Å². The number of carboxylic acids is 1. The van der Waals surface area contributed by atoms with Crippen LogP contribution in [0, 0.1) is 0 Å². The Morgan fingerprint density at radius 3 is 2.72 bits per heavy atom. The van der Waals surface area contributed by atoms with Crippen molar-refractivity contribution in [3.63, 3.8) is 0 Å². The molecule has 0 aliphatic carbocycles. The Morgan fingerprint density at radius 1 is 1.32 bits per heavy atom. The van der Waals surface area contributed by atoms with Crippen molar-refractivity contribution in [2.75, 3.05) is 18.0 Å². The summed E-state index contributed by atoms with van der Waals surface area (Å²) in [6.45, 7) is 0.827. The minimum absolute atomic E-state index is 0.0547. The average molecular weight is 355 g/mol. The van der Waals surface area contributed by atoms with Crippen LogP contribution in [0.25, 0.3) is 0 Å². The molecule has 1 saturated heterocycles. The van der Waals surface area contributed by atoms with Gasteiger partial charge in [-0.1, -0.05) is 0 Å². The van der Waals surface area contributed by atoms with Gasteiger partial charge in [0, 0.05) is 19.3 Å². The van der Waals surface area contributed by atoms with Gasteiger partial charge in [0.15, 0.2) is 0 Å². The summed E-state index contributed by atoms with van der Waals surface area (Å²) in [5.74, 6) is -1.31. The number of nitrogens with zero attached hydrogens (tertiary/aromatic N) is 3. The zero-order valence-corrected chi connectivity index (χ0v) is 13.1. The Morgan fingerprint density at radius 2 is 2.08 bits per heavy atom. The molecule has 1 aromatic carbocycles. The SMILES string of the molecule is O=C(O)c1cnn(C2CCCN(c3cc(C(F)(F)F)ccc3O)C2)c1. The van der Waals surface area contributed by atoms with Crippen molar-refractivity contribution in [2.24, 2.45) is 0 Å². The summed E-state index contributed by atoms with van der Waals surface area (Å²) in [4.78, 5) is 12.6. The lowest BCUT2D eigenvalue weighted by Crippen LogP contribution is -2.37. The molecule has 2 aromatic rings. The molecule has 2 N–H and O–H groups in total. The highest BCUT2D eigenvalue weighted by Crippen LogP contribution is 2.38. The minimum Gasteiger partial charge on any atom is -0.506 e. The molecular weight excluding hydrogens is 339 g/mol. The topological polar surface area (TPSA) is 78.6 Å². The van der Waals surface area contributed by atoms with Gasteiger partial charge in [0.05, 0.1) is 29.1 Å². The molecule has 134 valence electrons. The summed E-state index contributed by atoms with van der Waals surface area (Å²) in [7, 11) is 0. The number of hydrogen-bond donors (Lipinski definition) is 2. The predicted molar refractivity (Wildman–Crippen MR) is 82.8 cm³/mol. The minimum atomic E-state index is -4.49. The van der Waals surface area contributed by atoms with Crippen LogP contribution in [0.2, 0.25) is 0 Å². The van der Waals surface area contributed by atoms with E-state index in [4.69, 9.17) is 5.11 Å². The lowest BCUT2D eigenvalue weighted by Gasteiger charge is -2.35. The maximum Gasteiger partial charge on any atom is 0.416 e. The second-order valence-corrected chi connectivity index (χ2v) is 5.96. The molecule has 25 heavy (non-hydrogen) atoms. The Kier molecular flexibility index (Phi) is 4.32. The van der Waals surface area contributed by atoms with Crippen LogP contribution in [0.4, 0.5) is 18.9 Å². The number of anilines is 1. The molecule has 1 aliphatic rings. The fourth-order valence-electron chi connectivity index (χ4n) is 2.99. The number of carbonyl (C=O) groups is 1. The maximum atomic E-state index is 12.9. The monoisotopic (exact) mass is 355 g/mol. The fourth-order valence-corrected chi connectivity index (χ4v) is 2.99. The van der Waals surface area contributed by atoms with Gasteiger partial charge in [-0.25, -0.2) is 4.79 Å². The standard InChI is InChI=1S/C16H16F3N3O3/c17-16(18,19)11-3-4-14(23)13(6-11)21-5-1-2-12(9-21)22-8-10(7-20-22)15(24)25/h3-4,6-8,12,23H,1-2,5,9H2,(H,24,25). The maximum absolute atomic E-state index is 12.9. The van der Waals surface area contributed by atoms with Crippen molar-refractivity contribution in [3.8, 4) is 5.75 Å². The first-order valence-corrected chi connectivity index (χ1v) is 7.68. The molecule has 0 radical (unpaired) electrons. The lowest BCUT2D eigenvalue weighted by molar-refractivity contribution is -0.137. The van der Waals surface area contributed by atoms with E-state index < -0.39 is 17.7 Å². The van der Waals surface area contributed by atoms with Gasteiger partial charge in [-0.2, -0.15) is 18.3 Å². The largest absolute Gasteiger partial charge is 0.506 e. The number of phenolic OH excluding ortho intramolecular Hbond substituents is 1. The second kappa shape index (κ2) is 6.30. The molecule has 0 saturated carbocycles. The fraction of sp³-hybridized carbons (Fsp3) is 0.375. The number of rotatable bonds is 3. The third-order valence-electron chi connectivity index (χ3n) is 4.26. The van der Waals surface area contributed by atoms with Gasteiger partial charge in [-0.05, 0) is 31.0 Å². The smallest absolute Gasteiger partial charge is 0.416 e. The highest BCUT2D eigenvalue weighted by molar-refractivity contribution is 5.86. The van der Waals surface area contributed by atoms with Gasteiger partial charge >= 0.3 is 12.1 Å². The first kappa shape index (κ1) is 17.1. The normalized spacial score (nSPS) is 18.4. The van der Waals surface area contributed by atoms with Gasteiger partial charge in [0.1, 0.15) is 5.75 Å². The van der Waals surface area contributed by atoms with Crippen LogP contribution < -0.4 is 4.90 Å². The number of phenols is 1. The van der Waals surface area contributed by atoms with Crippen molar-refractivity contribution in [2.45, 2.75) is 25.1 Å². The van der Waals surface area contributed by atoms with Gasteiger partial charge in [0.25, 0.3) is 0 Å². The van der Waals surface area contributed by atoms with Crippen LogP contribution in [0.1, 0.15) is 34.8 Å². The summed E-state index contributed by atoms with van der Waals surface area (Å²) in [5, 5.41) is 23.0. The van der Waals surface area contributed by atoms with Crippen molar-refractivity contribution in [3.05, 3.63) is 41.7 Å². The van der Waals surface area contributed by atoms with Gasteiger partial charge in [0.2, 0.25) is 0 Å². The number of halogens is 3. The third-order valence-corrected chi connectivity index (χ3v) is 4.26. The molecule has 6 nitrogen and oxygen atoms in total. The van der Waals surface area contributed by atoms with Gasteiger partial charge < -0.3 is 15.1 Å². The van der Waals surface area contributed by atoms with E-state index in [1.54, 1.807) is 4.90 Å². The highest BCUT2D eigenvalue weighted by atomic mass is 19.4. The summed E-state index contributed by atoms with van der Waals surface area (Å²) < 4.78 is 40.3. The van der Waals surface area contributed by atoms with E-state index in [1.165, 1.54) is 17.1 Å². The first-order chi connectivity index (χ1) is 11.8. The Bertz CT molecular complexity index is 788. The summed E-state index contributed by atoms with van der Waals surface area (Å²) in [6, 6.07) is 2.63. The molecule has 9 heteroatoms. The molecule has 2 heterocycles. The number of aromatic carboxylic acids is 1. The van der Waals surface area contributed by atoms with Crippen LogP contribution in [-0.4, -0.2) is 39.1 Å². The molecule has 3 rings (SSSR count). The first-order valence-electron chi connectivity index (χ1n) is 7.68. The number of aromatic hydroxyl groups is 1. The van der Waals surface area contributed by atoms with Gasteiger partial charge in [-0.15, -0.1) is 0 Å². The van der Waals surface area contributed by atoms with Crippen molar-refractivity contribution in [1.82, 2.24) is 9.78 Å². The van der Waals surface area contributed by atoms with Crippen LogP contribution >= 0.6 is 0 Å². The summed E-state index contributed by atoms with van der Waals surface area (Å²) >= 11 is 0. The van der Waals surface area contributed by atoms with E-state index in [0.717, 1.165) is 24.6 Å². The molecule has 1 unspecified atom stereocenters. The Balaban J connectivity index is 1.85. The molecule has 0 bridgehead atoms. The van der Waals surface area contributed by atoms with Crippen LogP contribution in [-0.2, 0) is 6.18 Å². The van der Waals surface area contributed by atoms with Crippen molar-refractivity contribution >= 4 is 11.7 Å². The number of carboxylic acid groups (broad SMARTS) is 1. The van der Waals surface area contributed by atoms with E-state index in [9.17, 15) is 23.1 Å². The third kappa shape index (κ3) is 3.54. The molecule has 1 aliphatic heterocycles. The molecule has 1 atom stereocenters. The van der Waals surface area contributed by atoms with E-state index >= 15 is 0 Å². The number of aromatic nitrogens is 2. The number of benzene rings is 1. The Labute approximate surface area is 141 Å². The van der Waals surface area contributed by atoms with Crippen LogP contribution in [0.3, 0.4) is 0 Å². The summed E-state index contributed by atoms with van der Waals surface area (Å²) in [6.07, 6.45) is -0.443.